The number of ketones is 1. The highest BCUT2D eigenvalue weighted by molar-refractivity contribution is 5.97. The van der Waals surface area contributed by atoms with E-state index in [1.54, 1.807) is 18.0 Å². The lowest BCUT2D eigenvalue weighted by Crippen LogP contribution is -2.15. The molecule has 2 heterocycles. The normalized spacial score (nSPS) is 19.1. The fraction of sp³-hybridized carbons (Fsp3) is 0.714. The van der Waals surface area contributed by atoms with Gasteiger partial charge in [0.2, 0.25) is 0 Å². The number of hydrogen-bond donors (Lipinski definition) is 1. The highest BCUT2D eigenvalue weighted by Crippen LogP contribution is 2.24. The number of aromatic nitrogens is 2. The van der Waals surface area contributed by atoms with Crippen LogP contribution in [0.1, 0.15) is 49.6 Å². The Kier molecular flexibility index (Phi) is 4.58. The molecule has 0 aromatic carbocycles. The van der Waals surface area contributed by atoms with Crippen molar-refractivity contribution < 1.29 is 9.53 Å². The maximum Gasteiger partial charge on any atom is 0.184 e. The van der Waals surface area contributed by atoms with Gasteiger partial charge in [0.15, 0.2) is 11.5 Å². The van der Waals surface area contributed by atoms with E-state index in [0.717, 1.165) is 19.5 Å². The summed E-state index contributed by atoms with van der Waals surface area (Å²) in [5.74, 6) is 1.35. The minimum atomic E-state index is 0.134. The number of nitrogens with zero attached hydrogens (tertiary/aromatic N) is 2. The smallest absolute Gasteiger partial charge is 0.184 e. The lowest BCUT2D eigenvalue weighted by atomic mass is 9.99. The lowest BCUT2D eigenvalue weighted by molar-refractivity contribution is 0.0959. The third-order valence-corrected chi connectivity index (χ3v) is 3.68. The molecule has 0 aliphatic carbocycles. The van der Waals surface area contributed by atoms with Crippen LogP contribution >= 0.6 is 0 Å². The van der Waals surface area contributed by atoms with Gasteiger partial charge in [0.05, 0.1) is 13.3 Å². The van der Waals surface area contributed by atoms with Crippen LogP contribution in [0.2, 0.25) is 0 Å². The van der Waals surface area contributed by atoms with E-state index >= 15 is 0 Å². The molecule has 0 saturated carbocycles. The summed E-state index contributed by atoms with van der Waals surface area (Å²) < 4.78 is 7.01. The molecule has 1 fully saturated rings. The van der Waals surface area contributed by atoms with Crippen molar-refractivity contribution in [2.75, 3.05) is 20.2 Å². The molecule has 2 rings (SSSR count). The SMILES string of the molecule is COc1cnn(C(C)C)c1C(=O)CCC1CCNC1. The summed E-state index contributed by atoms with van der Waals surface area (Å²) in [6.07, 6.45) is 4.32. The first-order valence-electron chi connectivity index (χ1n) is 6.99. The number of methoxy groups -OCH3 is 1. The van der Waals surface area contributed by atoms with Gasteiger partial charge >= 0.3 is 0 Å². The quantitative estimate of drug-likeness (QED) is 0.800. The Hall–Kier alpha value is -1.36. The predicted molar refractivity (Wildman–Crippen MR) is 73.7 cm³/mol. The van der Waals surface area contributed by atoms with Gasteiger partial charge in [-0.15, -0.1) is 0 Å². The van der Waals surface area contributed by atoms with Gasteiger partial charge < -0.3 is 10.1 Å². The van der Waals surface area contributed by atoms with E-state index in [2.05, 4.69) is 10.4 Å². The summed E-state index contributed by atoms with van der Waals surface area (Å²) >= 11 is 0. The van der Waals surface area contributed by atoms with Gasteiger partial charge in [-0.1, -0.05) is 0 Å². The molecular weight excluding hydrogens is 242 g/mol. The Morgan fingerprint density at radius 2 is 2.42 bits per heavy atom. The molecule has 5 heteroatoms. The molecule has 1 atom stereocenters. The topological polar surface area (TPSA) is 56.2 Å². The number of hydrogen-bond acceptors (Lipinski definition) is 4. The zero-order chi connectivity index (χ0) is 13.8. The first-order valence-corrected chi connectivity index (χ1v) is 6.99. The van der Waals surface area contributed by atoms with Crippen molar-refractivity contribution in [3.8, 4) is 5.75 Å². The average molecular weight is 265 g/mol. The van der Waals surface area contributed by atoms with E-state index in [0.29, 0.717) is 23.8 Å². The van der Waals surface area contributed by atoms with E-state index in [-0.39, 0.29) is 11.8 Å². The lowest BCUT2D eigenvalue weighted by Gasteiger charge is -2.12. The minimum Gasteiger partial charge on any atom is -0.493 e. The molecule has 1 aliphatic heterocycles. The molecule has 0 radical (unpaired) electrons. The molecule has 1 aromatic rings. The second-order valence-corrected chi connectivity index (χ2v) is 5.42. The Morgan fingerprint density at radius 3 is 3.00 bits per heavy atom. The standard InChI is InChI=1S/C14H23N3O2/c1-10(2)17-14(13(19-3)9-16-17)12(18)5-4-11-6-7-15-8-11/h9-11,15H,4-8H2,1-3H3. The zero-order valence-corrected chi connectivity index (χ0v) is 12.0. The Labute approximate surface area is 114 Å². The highest BCUT2D eigenvalue weighted by atomic mass is 16.5. The number of ether oxygens (including phenoxy) is 1. The zero-order valence-electron chi connectivity index (χ0n) is 12.0. The van der Waals surface area contributed by atoms with Crippen LogP contribution in [0.4, 0.5) is 0 Å². The molecule has 1 aliphatic rings. The minimum absolute atomic E-state index is 0.134. The van der Waals surface area contributed by atoms with E-state index in [1.807, 2.05) is 13.8 Å². The van der Waals surface area contributed by atoms with Gasteiger partial charge in [-0.3, -0.25) is 9.48 Å². The van der Waals surface area contributed by atoms with E-state index in [9.17, 15) is 4.79 Å². The van der Waals surface area contributed by atoms with Gasteiger partial charge in [0, 0.05) is 12.5 Å². The van der Waals surface area contributed by atoms with Gasteiger partial charge in [-0.25, -0.2) is 0 Å². The van der Waals surface area contributed by atoms with Crippen LogP contribution in [-0.2, 0) is 0 Å². The van der Waals surface area contributed by atoms with Crippen molar-refractivity contribution in [2.24, 2.45) is 5.92 Å². The predicted octanol–water partition coefficient (Wildman–Crippen LogP) is 2.04. The number of carbonyl (C=O) groups excluding carboxylic acids is 1. The van der Waals surface area contributed by atoms with Crippen LogP contribution in [0.5, 0.6) is 5.75 Å². The monoisotopic (exact) mass is 265 g/mol. The molecule has 5 nitrogen and oxygen atoms in total. The molecule has 1 N–H and O–H groups in total. The highest BCUT2D eigenvalue weighted by Gasteiger charge is 2.22. The van der Waals surface area contributed by atoms with E-state index < -0.39 is 0 Å². The van der Waals surface area contributed by atoms with Gasteiger partial charge in [-0.05, 0) is 45.7 Å². The molecule has 1 saturated heterocycles. The second-order valence-electron chi connectivity index (χ2n) is 5.42. The van der Waals surface area contributed by atoms with Crippen LogP contribution in [0, 0.1) is 5.92 Å². The van der Waals surface area contributed by atoms with E-state index in [1.165, 1.54) is 6.42 Å². The van der Waals surface area contributed by atoms with Crippen LogP contribution in [-0.4, -0.2) is 35.8 Å². The fourth-order valence-electron chi connectivity index (χ4n) is 2.57. The largest absolute Gasteiger partial charge is 0.493 e. The number of carbonyl (C=O) groups is 1. The first kappa shape index (κ1) is 14.1. The maximum atomic E-state index is 12.4. The van der Waals surface area contributed by atoms with Crippen molar-refractivity contribution in [2.45, 2.75) is 39.2 Å². The number of rotatable bonds is 6. The molecule has 19 heavy (non-hydrogen) atoms. The van der Waals surface area contributed by atoms with Crippen LogP contribution in [0.25, 0.3) is 0 Å². The maximum absolute atomic E-state index is 12.4. The van der Waals surface area contributed by atoms with Gasteiger partial charge in [0.1, 0.15) is 5.69 Å². The summed E-state index contributed by atoms with van der Waals surface area (Å²) in [6, 6.07) is 0.163. The molecule has 106 valence electrons. The molecule has 1 unspecified atom stereocenters. The Balaban J connectivity index is 2.06. The van der Waals surface area contributed by atoms with Crippen molar-refractivity contribution in [1.82, 2.24) is 15.1 Å². The first-order chi connectivity index (χ1) is 9.13. The van der Waals surface area contributed by atoms with Gasteiger partial charge in [-0.2, -0.15) is 5.10 Å². The van der Waals surface area contributed by atoms with Crippen molar-refractivity contribution in [1.29, 1.82) is 0 Å². The average Bonchev–Trinajstić information content (AvgIpc) is 3.04. The second kappa shape index (κ2) is 6.19. The van der Waals surface area contributed by atoms with Crippen molar-refractivity contribution in [3.05, 3.63) is 11.9 Å². The Morgan fingerprint density at radius 1 is 1.63 bits per heavy atom. The summed E-state index contributed by atoms with van der Waals surface area (Å²) in [5.41, 5.74) is 0.614. The van der Waals surface area contributed by atoms with Crippen molar-refractivity contribution >= 4 is 5.78 Å². The third kappa shape index (κ3) is 3.15. The third-order valence-electron chi connectivity index (χ3n) is 3.68. The van der Waals surface area contributed by atoms with Gasteiger partial charge in [0.25, 0.3) is 0 Å². The van der Waals surface area contributed by atoms with Crippen LogP contribution in [0.15, 0.2) is 6.20 Å². The van der Waals surface area contributed by atoms with Crippen molar-refractivity contribution in [3.63, 3.8) is 0 Å². The summed E-state index contributed by atoms with van der Waals surface area (Å²) in [6.45, 7) is 6.15. The molecule has 0 bridgehead atoms. The summed E-state index contributed by atoms with van der Waals surface area (Å²) in [4.78, 5) is 12.4. The summed E-state index contributed by atoms with van der Waals surface area (Å²) in [5, 5.41) is 7.58. The fourth-order valence-corrected chi connectivity index (χ4v) is 2.57. The molecular formula is C14H23N3O2. The Bertz CT molecular complexity index is 434. The number of nitrogens with one attached hydrogen (secondary N) is 1. The van der Waals surface area contributed by atoms with Crippen LogP contribution in [0.3, 0.4) is 0 Å². The van der Waals surface area contributed by atoms with Crippen LogP contribution < -0.4 is 10.1 Å². The molecule has 0 amide bonds. The molecule has 0 spiro atoms. The summed E-state index contributed by atoms with van der Waals surface area (Å²) in [7, 11) is 1.58. The molecule has 1 aromatic heterocycles. The van der Waals surface area contributed by atoms with E-state index in [4.69, 9.17) is 4.74 Å². The number of Topliss-reactive ketones (excluding diaryl/α,β-unsaturated/α-hetero) is 1.